The molecule has 2 amide bonds. The van der Waals surface area contributed by atoms with E-state index >= 15 is 0 Å². The van der Waals surface area contributed by atoms with E-state index in [1.807, 2.05) is 12.3 Å². The number of rotatable bonds is 9. The molecule has 3 N–H and O–H groups in total. The Kier molecular flexibility index (Phi) is 7.67. The van der Waals surface area contributed by atoms with Gasteiger partial charge in [0.05, 0.1) is 5.01 Å². The van der Waals surface area contributed by atoms with Crippen molar-refractivity contribution >= 4 is 34.5 Å². The minimum atomic E-state index is -0.418. The van der Waals surface area contributed by atoms with Crippen LogP contribution >= 0.6 is 22.7 Å². The monoisotopic (exact) mass is 396 g/mol. The van der Waals surface area contributed by atoms with E-state index in [1.54, 1.807) is 16.8 Å². The number of amides is 2. The second-order valence-corrected chi connectivity index (χ2v) is 8.53. The molecule has 0 atom stereocenters. The van der Waals surface area contributed by atoms with Gasteiger partial charge in [-0.2, -0.15) is 0 Å². The van der Waals surface area contributed by atoms with Crippen LogP contribution < -0.4 is 10.8 Å². The Bertz CT molecular complexity index is 755. The van der Waals surface area contributed by atoms with Crippen LogP contribution in [0.1, 0.15) is 53.5 Å². The number of aryl methyl sites for hydroxylation is 1. The summed E-state index contributed by atoms with van der Waals surface area (Å²) in [6.07, 6.45) is 2.27. The van der Waals surface area contributed by atoms with Crippen molar-refractivity contribution in [2.75, 3.05) is 6.54 Å². The number of thiazole rings is 2. The summed E-state index contributed by atoms with van der Waals surface area (Å²) in [5.74, 6) is -0.191. The number of carbonyl (C=O) groups is 2. The van der Waals surface area contributed by atoms with E-state index in [4.69, 9.17) is 5.21 Å². The van der Waals surface area contributed by atoms with E-state index in [2.05, 4.69) is 29.1 Å². The first-order valence-electron chi connectivity index (χ1n) is 8.54. The first-order chi connectivity index (χ1) is 12.4. The van der Waals surface area contributed by atoms with Gasteiger partial charge in [0.15, 0.2) is 0 Å². The molecule has 2 aromatic heterocycles. The third kappa shape index (κ3) is 5.86. The highest BCUT2D eigenvalue weighted by atomic mass is 32.1. The van der Waals surface area contributed by atoms with E-state index in [1.165, 1.54) is 11.3 Å². The zero-order valence-electron chi connectivity index (χ0n) is 15.2. The lowest BCUT2D eigenvalue weighted by Crippen LogP contribution is -2.26. The molecule has 0 aliphatic rings. The molecular weight excluding hydrogens is 372 g/mol. The van der Waals surface area contributed by atoms with Gasteiger partial charge in [-0.1, -0.05) is 13.8 Å². The molecule has 0 bridgehead atoms. The Balaban J connectivity index is 2.02. The van der Waals surface area contributed by atoms with Crippen molar-refractivity contribution in [1.29, 1.82) is 0 Å². The van der Waals surface area contributed by atoms with E-state index < -0.39 is 5.91 Å². The Hall–Kier alpha value is -1.84. The summed E-state index contributed by atoms with van der Waals surface area (Å²) in [5, 5.41) is 15.0. The average Bonchev–Trinajstić information content (AvgIpc) is 3.20. The number of hydroxylamine groups is 1. The summed E-state index contributed by atoms with van der Waals surface area (Å²) in [6, 6.07) is 0. The zero-order valence-corrected chi connectivity index (χ0v) is 16.8. The van der Waals surface area contributed by atoms with Crippen LogP contribution in [0, 0.1) is 12.8 Å². The Morgan fingerprint density at radius 1 is 1.27 bits per heavy atom. The maximum atomic E-state index is 12.5. The molecule has 0 radical (unpaired) electrons. The van der Waals surface area contributed by atoms with Gasteiger partial charge in [-0.15, -0.1) is 22.7 Å². The van der Waals surface area contributed by atoms with Crippen LogP contribution in [-0.4, -0.2) is 33.5 Å². The number of nitrogens with one attached hydrogen (secondary N) is 2. The maximum Gasteiger partial charge on any atom is 0.271 e. The summed E-state index contributed by atoms with van der Waals surface area (Å²) < 4.78 is 0. The summed E-state index contributed by atoms with van der Waals surface area (Å²) in [5.41, 5.74) is 2.88. The largest absolute Gasteiger partial charge is 0.351 e. The van der Waals surface area contributed by atoms with Crippen LogP contribution in [0.25, 0.3) is 10.7 Å². The molecule has 2 heterocycles. The Morgan fingerprint density at radius 2 is 2.04 bits per heavy atom. The average molecular weight is 397 g/mol. The molecular formula is C17H24N4O3S2. The van der Waals surface area contributed by atoms with Crippen molar-refractivity contribution in [2.45, 2.75) is 46.5 Å². The number of unbranched alkanes of at least 4 members (excludes halogenated alkanes) is 1. The molecule has 7 nitrogen and oxygen atoms in total. The van der Waals surface area contributed by atoms with Crippen molar-refractivity contribution in [3.63, 3.8) is 0 Å². The third-order valence-electron chi connectivity index (χ3n) is 3.59. The zero-order chi connectivity index (χ0) is 19.1. The van der Waals surface area contributed by atoms with Crippen molar-refractivity contribution in [2.24, 2.45) is 5.92 Å². The van der Waals surface area contributed by atoms with E-state index in [9.17, 15) is 9.59 Å². The van der Waals surface area contributed by atoms with Gasteiger partial charge in [0.2, 0.25) is 5.91 Å². The molecule has 26 heavy (non-hydrogen) atoms. The fraction of sp³-hybridized carbons (Fsp3) is 0.529. The van der Waals surface area contributed by atoms with E-state index in [-0.39, 0.29) is 12.3 Å². The second-order valence-electron chi connectivity index (χ2n) is 6.39. The highest BCUT2D eigenvalue weighted by molar-refractivity contribution is 7.16. The lowest BCUT2D eigenvalue weighted by atomic mass is 10.1. The molecule has 9 heteroatoms. The summed E-state index contributed by atoms with van der Waals surface area (Å²) in [7, 11) is 0. The van der Waals surface area contributed by atoms with E-state index in [0.717, 1.165) is 27.0 Å². The lowest BCUT2D eigenvalue weighted by Gasteiger charge is -2.06. The number of hydrogen-bond donors (Lipinski definition) is 3. The molecule has 0 spiro atoms. The lowest BCUT2D eigenvalue weighted by molar-refractivity contribution is -0.129. The van der Waals surface area contributed by atoms with Crippen molar-refractivity contribution in [3.05, 3.63) is 21.0 Å². The molecule has 0 aromatic carbocycles. The molecule has 0 aliphatic heterocycles. The molecule has 0 unspecified atom stereocenters. The number of aromatic nitrogens is 2. The number of carbonyl (C=O) groups excluding carboxylic acids is 2. The van der Waals surface area contributed by atoms with Gasteiger partial charge in [-0.05, 0) is 32.1 Å². The maximum absolute atomic E-state index is 12.5. The third-order valence-corrected chi connectivity index (χ3v) is 5.46. The van der Waals surface area contributed by atoms with Crippen LogP contribution in [0.15, 0.2) is 5.38 Å². The highest BCUT2D eigenvalue weighted by Gasteiger charge is 2.20. The van der Waals surface area contributed by atoms with Gasteiger partial charge in [-0.3, -0.25) is 14.8 Å². The summed E-state index contributed by atoms with van der Waals surface area (Å²) >= 11 is 3.09. The molecule has 2 rings (SSSR count). The van der Waals surface area contributed by atoms with Crippen molar-refractivity contribution in [3.8, 4) is 10.7 Å². The summed E-state index contributed by atoms with van der Waals surface area (Å²) in [6.45, 7) is 6.63. The second kappa shape index (κ2) is 9.75. The van der Waals surface area contributed by atoms with Gasteiger partial charge < -0.3 is 5.32 Å². The molecule has 0 saturated carbocycles. The van der Waals surface area contributed by atoms with Crippen LogP contribution in [0.2, 0.25) is 0 Å². The normalized spacial score (nSPS) is 11.0. The number of hydrogen-bond acceptors (Lipinski definition) is 7. The van der Waals surface area contributed by atoms with Gasteiger partial charge in [-0.25, -0.2) is 15.4 Å². The quantitative estimate of drug-likeness (QED) is 0.343. The minimum Gasteiger partial charge on any atom is -0.351 e. The van der Waals surface area contributed by atoms with Gasteiger partial charge in [0.25, 0.3) is 5.91 Å². The fourth-order valence-corrected chi connectivity index (χ4v) is 4.26. The van der Waals surface area contributed by atoms with Crippen LogP contribution in [0.3, 0.4) is 0 Å². The van der Waals surface area contributed by atoms with Crippen molar-refractivity contribution < 1.29 is 14.8 Å². The summed E-state index contributed by atoms with van der Waals surface area (Å²) in [4.78, 5) is 33.5. The standard InChI is InChI=1S/C17H24N4O3S2/c1-10(2)8-13-15(16(23)18-7-5-4-6-14(22)21-24)20-17(26-13)12-9-25-11(3)19-12/h9-10,24H,4-8H2,1-3H3,(H,18,23)(H,21,22). The van der Waals surface area contributed by atoms with Crippen LogP contribution in [-0.2, 0) is 11.2 Å². The molecule has 0 fully saturated rings. The van der Waals surface area contributed by atoms with Crippen LogP contribution in [0.4, 0.5) is 0 Å². The fourth-order valence-electron chi connectivity index (χ4n) is 2.36. The van der Waals surface area contributed by atoms with Crippen LogP contribution in [0.5, 0.6) is 0 Å². The first-order valence-corrected chi connectivity index (χ1v) is 10.2. The molecule has 142 valence electrons. The Labute approximate surface area is 160 Å². The van der Waals surface area contributed by atoms with Gasteiger partial charge in [0, 0.05) is 23.2 Å². The minimum absolute atomic E-state index is 0.193. The number of nitrogens with zero attached hydrogens (tertiary/aromatic N) is 2. The van der Waals surface area contributed by atoms with E-state index in [0.29, 0.717) is 31.0 Å². The highest BCUT2D eigenvalue weighted by Crippen LogP contribution is 2.30. The molecule has 2 aromatic rings. The molecule has 0 aliphatic carbocycles. The van der Waals surface area contributed by atoms with Gasteiger partial charge >= 0.3 is 0 Å². The van der Waals surface area contributed by atoms with Crippen molar-refractivity contribution in [1.82, 2.24) is 20.8 Å². The Morgan fingerprint density at radius 3 is 2.65 bits per heavy atom. The smallest absolute Gasteiger partial charge is 0.271 e. The van der Waals surface area contributed by atoms with Gasteiger partial charge in [0.1, 0.15) is 16.4 Å². The predicted molar refractivity (Wildman–Crippen MR) is 103 cm³/mol. The molecule has 0 saturated heterocycles. The first kappa shape index (κ1) is 20.5. The SMILES string of the molecule is Cc1nc(-c2nc(C(=O)NCCCCC(=O)NO)c(CC(C)C)s2)cs1. The predicted octanol–water partition coefficient (Wildman–Crippen LogP) is 3.18. The topological polar surface area (TPSA) is 104 Å².